The number of methoxy groups -OCH3 is 3. The molecule has 0 aliphatic heterocycles. The van der Waals surface area contributed by atoms with Crippen molar-refractivity contribution in [3.63, 3.8) is 0 Å². The van der Waals surface area contributed by atoms with E-state index in [0.717, 1.165) is 26.9 Å². The highest BCUT2D eigenvalue weighted by molar-refractivity contribution is 7.21. The van der Waals surface area contributed by atoms with Crippen molar-refractivity contribution in [1.82, 2.24) is 0 Å². The fourth-order valence-electron chi connectivity index (χ4n) is 2.97. The minimum atomic E-state index is -1.14. The number of ether oxygens (including phenoxy) is 3. The number of fused-ring (bicyclic) bond motifs is 1. The lowest BCUT2D eigenvalue weighted by atomic mass is 10.1. The molecule has 0 aliphatic rings. The van der Waals surface area contributed by atoms with E-state index in [0.29, 0.717) is 23.8 Å². The molecule has 3 aromatic rings. The number of aryl methyl sites for hydroxylation is 1. The number of aromatic carboxylic acids is 1. The molecule has 1 aromatic heterocycles. The van der Waals surface area contributed by atoms with Crippen LogP contribution >= 0.6 is 11.3 Å². The fourth-order valence-corrected chi connectivity index (χ4v) is 3.99. The zero-order valence-electron chi connectivity index (χ0n) is 15.5. The maximum atomic E-state index is 11.2. The molecule has 0 saturated heterocycles. The van der Waals surface area contributed by atoms with Crippen LogP contribution in [-0.2, 0) is 6.54 Å². The number of benzene rings is 2. The predicted octanol–water partition coefficient (Wildman–Crippen LogP) is 3.21. The molecule has 0 fully saturated rings. The van der Waals surface area contributed by atoms with Gasteiger partial charge < -0.3 is 29.4 Å². The molecule has 0 unspecified atom stereocenters. The molecule has 1 heterocycles. The van der Waals surface area contributed by atoms with E-state index in [1.165, 1.54) is 11.3 Å². The van der Waals surface area contributed by atoms with Crippen molar-refractivity contribution < 1.29 is 24.1 Å². The van der Waals surface area contributed by atoms with Crippen LogP contribution in [0.5, 0.6) is 17.2 Å². The molecule has 0 aliphatic carbocycles. The highest BCUT2D eigenvalue weighted by atomic mass is 32.1. The molecule has 0 bridgehead atoms. The first kappa shape index (κ1) is 18.8. The van der Waals surface area contributed by atoms with Crippen molar-refractivity contribution in [3.8, 4) is 17.2 Å². The van der Waals surface area contributed by atoms with Crippen molar-refractivity contribution in [2.24, 2.45) is 0 Å². The van der Waals surface area contributed by atoms with E-state index < -0.39 is 5.97 Å². The largest absolute Gasteiger partial charge is 0.544 e. The summed E-state index contributed by atoms with van der Waals surface area (Å²) in [5.41, 5.74) is 2.58. The third kappa shape index (κ3) is 3.64. The van der Waals surface area contributed by atoms with Crippen molar-refractivity contribution in [3.05, 3.63) is 46.3 Å². The number of anilines is 1. The van der Waals surface area contributed by atoms with Gasteiger partial charge in [-0.05, 0) is 53.8 Å². The lowest BCUT2D eigenvalue weighted by Gasteiger charge is -2.15. The Kier molecular flexibility index (Phi) is 5.41. The highest BCUT2D eigenvalue weighted by Gasteiger charge is 2.13. The quantitative estimate of drug-likeness (QED) is 0.672. The van der Waals surface area contributed by atoms with Gasteiger partial charge in [0.2, 0.25) is 5.75 Å². The molecule has 0 saturated carbocycles. The second-order valence-corrected chi connectivity index (χ2v) is 6.99. The fraction of sp³-hybridized carbons (Fsp3) is 0.250. The summed E-state index contributed by atoms with van der Waals surface area (Å²) in [6, 6.07) is 9.56. The van der Waals surface area contributed by atoms with Gasteiger partial charge in [-0.25, -0.2) is 0 Å². The van der Waals surface area contributed by atoms with Gasteiger partial charge in [-0.15, -0.1) is 11.3 Å². The molecular formula is C20H20NO5S-. The summed E-state index contributed by atoms with van der Waals surface area (Å²) >= 11 is 1.23. The molecule has 2 aromatic carbocycles. The average Bonchev–Trinajstić information content (AvgIpc) is 3.01. The Balaban J connectivity index is 1.86. The first-order valence-corrected chi connectivity index (χ1v) is 9.07. The van der Waals surface area contributed by atoms with Gasteiger partial charge in [-0.3, -0.25) is 0 Å². The van der Waals surface area contributed by atoms with Crippen LogP contribution in [0.2, 0.25) is 0 Å². The molecule has 0 amide bonds. The summed E-state index contributed by atoms with van der Waals surface area (Å²) in [6.07, 6.45) is 0. The number of hydrogen-bond acceptors (Lipinski definition) is 7. The zero-order chi connectivity index (χ0) is 19.6. The SMILES string of the molecule is COc1cc(CNc2ccc3sc(C(=O)[O-])c(C)c3c2)cc(OC)c1OC. The molecule has 7 heteroatoms. The Labute approximate surface area is 161 Å². The molecule has 0 spiro atoms. The van der Waals surface area contributed by atoms with E-state index in [2.05, 4.69) is 5.32 Å². The van der Waals surface area contributed by atoms with Crippen LogP contribution in [0.25, 0.3) is 10.1 Å². The van der Waals surface area contributed by atoms with Crippen molar-refractivity contribution in [2.75, 3.05) is 26.6 Å². The molecule has 0 radical (unpaired) electrons. The minimum Gasteiger partial charge on any atom is -0.544 e. The Bertz CT molecular complexity index is 970. The Morgan fingerprint density at radius 3 is 2.30 bits per heavy atom. The zero-order valence-corrected chi connectivity index (χ0v) is 16.4. The van der Waals surface area contributed by atoms with E-state index in [4.69, 9.17) is 14.2 Å². The summed E-state index contributed by atoms with van der Waals surface area (Å²) in [5, 5.41) is 15.5. The van der Waals surface area contributed by atoms with E-state index in [-0.39, 0.29) is 4.88 Å². The normalized spacial score (nSPS) is 10.7. The molecule has 142 valence electrons. The monoisotopic (exact) mass is 386 g/mol. The lowest BCUT2D eigenvalue weighted by Crippen LogP contribution is -2.21. The summed E-state index contributed by atoms with van der Waals surface area (Å²) in [4.78, 5) is 11.5. The Morgan fingerprint density at radius 2 is 1.74 bits per heavy atom. The maximum absolute atomic E-state index is 11.2. The summed E-state index contributed by atoms with van der Waals surface area (Å²) in [6.45, 7) is 2.34. The number of nitrogens with one attached hydrogen (secondary N) is 1. The van der Waals surface area contributed by atoms with Crippen LogP contribution in [0, 0.1) is 6.92 Å². The van der Waals surface area contributed by atoms with Gasteiger partial charge in [0, 0.05) is 16.9 Å². The first-order valence-electron chi connectivity index (χ1n) is 8.25. The van der Waals surface area contributed by atoms with E-state index in [1.54, 1.807) is 28.3 Å². The van der Waals surface area contributed by atoms with E-state index in [9.17, 15) is 9.90 Å². The number of rotatable bonds is 7. The standard InChI is InChI=1S/C20H21NO5S/c1-11-14-9-13(5-6-17(14)27-19(11)20(22)23)21-10-12-7-15(24-2)18(26-4)16(8-12)25-3/h5-9,21H,10H2,1-4H3,(H,22,23)/p-1. The van der Waals surface area contributed by atoms with Gasteiger partial charge in [0.25, 0.3) is 0 Å². The first-order chi connectivity index (χ1) is 13.0. The molecule has 6 nitrogen and oxygen atoms in total. The number of hydrogen-bond donors (Lipinski definition) is 1. The van der Waals surface area contributed by atoms with Crippen molar-refractivity contribution in [1.29, 1.82) is 0 Å². The predicted molar refractivity (Wildman–Crippen MR) is 104 cm³/mol. The van der Waals surface area contributed by atoms with E-state index >= 15 is 0 Å². The number of carboxylic acid groups (broad SMARTS) is 1. The van der Waals surface area contributed by atoms with Gasteiger partial charge in [-0.1, -0.05) is 0 Å². The van der Waals surface area contributed by atoms with Gasteiger partial charge in [-0.2, -0.15) is 0 Å². The molecule has 0 atom stereocenters. The van der Waals surface area contributed by atoms with Gasteiger partial charge in [0.05, 0.1) is 32.2 Å². The third-order valence-electron chi connectivity index (χ3n) is 4.34. The summed E-state index contributed by atoms with van der Waals surface area (Å²) in [5.74, 6) is 0.599. The molecular weight excluding hydrogens is 366 g/mol. The smallest absolute Gasteiger partial charge is 0.203 e. The van der Waals surface area contributed by atoms with Gasteiger partial charge in [0.15, 0.2) is 11.5 Å². The average molecular weight is 386 g/mol. The van der Waals surface area contributed by atoms with Crippen LogP contribution in [-0.4, -0.2) is 27.3 Å². The van der Waals surface area contributed by atoms with Gasteiger partial charge >= 0.3 is 0 Å². The van der Waals surface area contributed by atoms with Crippen molar-refractivity contribution >= 4 is 33.1 Å². The minimum absolute atomic E-state index is 0.270. The number of thiophene rings is 1. The number of carbonyl (C=O) groups is 1. The molecule has 3 rings (SSSR count). The Morgan fingerprint density at radius 1 is 1.07 bits per heavy atom. The van der Waals surface area contributed by atoms with Crippen LogP contribution in [0.3, 0.4) is 0 Å². The van der Waals surface area contributed by atoms with Crippen molar-refractivity contribution in [2.45, 2.75) is 13.5 Å². The molecule has 1 N–H and O–H groups in total. The van der Waals surface area contributed by atoms with Crippen LogP contribution in [0.15, 0.2) is 30.3 Å². The second-order valence-electron chi connectivity index (χ2n) is 5.94. The molecule has 27 heavy (non-hydrogen) atoms. The summed E-state index contributed by atoms with van der Waals surface area (Å²) < 4.78 is 17.0. The second kappa shape index (κ2) is 7.75. The third-order valence-corrected chi connectivity index (χ3v) is 5.60. The number of carboxylic acids is 1. The Hall–Kier alpha value is -2.93. The van der Waals surface area contributed by atoms with Crippen LogP contribution in [0.1, 0.15) is 20.8 Å². The lowest BCUT2D eigenvalue weighted by molar-refractivity contribution is -0.254. The van der Waals surface area contributed by atoms with Crippen LogP contribution < -0.4 is 24.6 Å². The topological polar surface area (TPSA) is 79.9 Å². The maximum Gasteiger partial charge on any atom is 0.203 e. The summed E-state index contributed by atoms with van der Waals surface area (Å²) in [7, 11) is 4.73. The van der Waals surface area contributed by atoms with E-state index in [1.807, 2.05) is 30.3 Å². The van der Waals surface area contributed by atoms with Crippen LogP contribution in [0.4, 0.5) is 5.69 Å². The highest BCUT2D eigenvalue weighted by Crippen LogP contribution is 2.38. The number of carbonyl (C=O) groups excluding carboxylic acids is 1. The van der Waals surface area contributed by atoms with Gasteiger partial charge in [0.1, 0.15) is 0 Å².